The number of fused-ring (bicyclic) bond motifs is 4. The van der Waals surface area contributed by atoms with Crippen LogP contribution >= 0.6 is 11.6 Å². The summed E-state index contributed by atoms with van der Waals surface area (Å²) in [5.74, 6) is -0.692. The number of hydrogen-bond acceptors (Lipinski definition) is 6. The number of ether oxygens (including phenoxy) is 2. The van der Waals surface area contributed by atoms with Crippen LogP contribution in [0.1, 0.15) is 66.9 Å². The van der Waals surface area contributed by atoms with Crippen LogP contribution in [0.2, 0.25) is 5.02 Å². The predicted molar refractivity (Wildman–Crippen MR) is 189 cm³/mol. The van der Waals surface area contributed by atoms with Gasteiger partial charge in [0.25, 0.3) is 5.91 Å². The van der Waals surface area contributed by atoms with Crippen molar-refractivity contribution in [1.29, 1.82) is 0 Å². The topological polar surface area (TPSA) is 109 Å². The third kappa shape index (κ3) is 7.25. The number of methoxy groups -OCH3 is 1. The molecule has 2 aromatic rings. The monoisotopic (exact) mass is 730 g/mol. The van der Waals surface area contributed by atoms with Crippen molar-refractivity contribution in [1.82, 2.24) is 10.0 Å². The van der Waals surface area contributed by atoms with E-state index >= 15 is 0 Å². The average molecular weight is 731 g/mol. The lowest BCUT2D eigenvalue weighted by molar-refractivity contribution is 0.0131. The third-order valence-corrected chi connectivity index (χ3v) is 13.5. The number of carbonyl (C=O) groups excluding carboxylic acids is 2. The molecule has 1 unspecified atom stereocenters. The Labute approximate surface area is 297 Å². The van der Waals surface area contributed by atoms with Crippen molar-refractivity contribution in [2.24, 2.45) is 28.0 Å². The first-order valence-corrected chi connectivity index (χ1v) is 19.7. The van der Waals surface area contributed by atoms with Gasteiger partial charge in [0.05, 0.1) is 24.2 Å². The number of benzene rings is 2. The van der Waals surface area contributed by atoms with Crippen LogP contribution < -0.4 is 19.7 Å². The van der Waals surface area contributed by atoms with Gasteiger partial charge in [-0.15, -0.1) is 4.36 Å². The number of hydrogen-bond donors (Lipinski definition) is 2. The number of carbonyl (C=O) groups is 2. The first-order chi connectivity index (χ1) is 24.0. The van der Waals surface area contributed by atoms with E-state index in [9.17, 15) is 22.6 Å². The van der Waals surface area contributed by atoms with E-state index in [0.29, 0.717) is 42.2 Å². The molecular weight excluding hydrogens is 686 g/mol. The van der Waals surface area contributed by atoms with Crippen molar-refractivity contribution in [3.05, 3.63) is 70.3 Å². The number of alkyl halides is 2. The van der Waals surface area contributed by atoms with Gasteiger partial charge in [0, 0.05) is 48.2 Å². The molecule has 2 aromatic carbocycles. The number of rotatable bonds is 4. The molecule has 2 bridgehead atoms. The summed E-state index contributed by atoms with van der Waals surface area (Å²) < 4.78 is 59.6. The predicted octanol–water partition coefficient (Wildman–Crippen LogP) is 6.93. The lowest BCUT2D eigenvalue weighted by Gasteiger charge is -2.46. The van der Waals surface area contributed by atoms with Crippen molar-refractivity contribution < 1.29 is 32.1 Å². The Balaban J connectivity index is 1.26. The summed E-state index contributed by atoms with van der Waals surface area (Å²) in [6.07, 6.45) is 7.07. The summed E-state index contributed by atoms with van der Waals surface area (Å²) >= 11 is 6.43. The standard InChI is InChI=1S/C37H45ClF2N4O5S/c1-22-5-3-7-32(48-2)27-11-8-25(27)18-44-20-37(14-4-6-23-15-26(38)10-12-29(23)37)21-49-33-13-9-24(16-31(33)44)35(45)42-50(47,19-22)43-36(46)41-30-17-28(30)34(39)40/h3,7,9-10,12-13,15-16,22,25,27-28,30,32,34H,4-6,8,11,14,17-21H2,1-2H3,(H2,41,42,43,45,46,47)/b7-3+/t22-,25-,27+,28-,30-,32-,37-,50?/m0/s1. The van der Waals surface area contributed by atoms with Crippen molar-refractivity contribution in [2.45, 2.75) is 75.9 Å². The number of nitrogens with one attached hydrogen (secondary N) is 2. The Morgan fingerprint density at radius 3 is 2.80 bits per heavy atom. The van der Waals surface area contributed by atoms with Gasteiger partial charge in [-0.25, -0.2) is 17.8 Å². The molecule has 13 heteroatoms. The number of halogens is 3. The molecule has 2 fully saturated rings. The summed E-state index contributed by atoms with van der Waals surface area (Å²) in [6.45, 7) is 3.76. The van der Waals surface area contributed by atoms with Crippen LogP contribution in [-0.4, -0.2) is 67.3 Å². The number of nitrogens with zero attached hydrogens (tertiary/aromatic N) is 2. The van der Waals surface area contributed by atoms with E-state index in [-0.39, 0.29) is 35.2 Å². The summed E-state index contributed by atoms with van der Waals surface area (Å²) in [6, 6.07) is 9.71. The van der Waals surface area contributed by atoms with E-state index < -0.39 is 40.2 Å². The molecule has 3 amide bonds. The second-order valence-corrected chi connectivity index (χ2v) is 17.3. The molecule has 0 aromatic heterocycles. The number of aryl methyl sites for hydroxylation is 1. The molecule has 7 rings (SSSR count). The zero-order valence-electron chi connectivity index (χ0n) is 28.4. The van der Waals surface area contributed by atoms with Gasteiger partial charge in [0.2, 0.25) is 6.43 Å². The Morgan fingerprint density at radius 1 is 1.22 bits per heavy atom. The third-order valence-electron chi connectivity index (χ3n) is 11.2. The van der Waals surface area contributed by atoms with Gasteiger partial charge < -0.3 is 19.7 Å². The highest BCUT2D eigenvalue weighted by Gasteiger charge is 2.46. The maximum atomic E-state index is 14.3. The number of amides is 3. The summed E-state index contributed by atoms with van der Waals surface area (Å²) in [5.41, 5.74) is 3.17. The summed E-state index contributed by atoms with van der Waals surface area (Å²) in [4.78, 5) is 29.1. The minimum Gasteiger partial charge on any atom is -0.490 e. The zero-order valence-corrected chi connectivity index (χ0v) is 30.0. The second-order valence-electron chi connectivity index (χ2n) is 14.9. The molecule has 3 aliphatic carbocycles. The van der Waals surface area contributed by atoms with Crippen LogP contribution in [0.15, 0.2) is 52.9 Å². The number of allylic oxidation sites excluding steroid dienone is 1. The molecule has 1 spiro atoms. The molecule has 2 heterocycles. The fraction of sp³-hybridized carbons (Fsp3) is 0.568. The van der Waals surface area contributed by atoms with Gasteiger partial charge in [-0.2, -0.15) is 0 Å². The van der Waals surface area contributed by atoms with Crippen molar-refractivity contribution >= 4 is 39.1 Å². The highest BCUT2D eigenvalue weighted by molar-refractivity contribution is 7.92. The normalized spacial score (nSPS) is 34.3. The molecule has 50 heavy (non-hydrogen) atoms. The maximum Gasteiger partial charge on any atom is 0.327 e. The highest BCUT2D eigenvalue weighted by Crippen LogP contribution is 2.47. The minimum atomic E-state index is -3.64. The molecule has 0 saturated heterocycles. The molecule has 2 N–H and O–H groups in total. The number of anilines is 1. The Morgan fingerprint density at radius 2 is 2.06 bits per heavy atom. The largest absolute Gasteiger partial charge is 0.490 e. The summed E-state index contributed by atoms with van der Waals surface area (Å²) in [5, 5.41) is 3.19. The maximum absolute atomic E-state index is 14.3. The number of urea groups is 1. The van der Waals surface area contributed by atoms with Crippen molar-refractivity contribution in [2.75, 3.05) is 37.5 Å². The molecular formula is C37H45ClF2N4O5S. The van der Waals surface area contributed by atoms with Gasteiger partial charge in [-0.05, 0) is 104 Å². The van der Waals surface area contributed by atoms with Gasteiger partial charge in [-0.3, -0.25) is 9.52 Å². The Bertz CT molecular complexity index is 1800. The van der Waals surface area contributed by atoms with E-state index in [0.717, 1.165) is 44.3 Å². The Kier molecular flexibility index (Phi) is 9.90. The van der Waals surface area contributed by atoms with Crippen LogP contribution in [0.3, 0.4) is 0 Å². The molecule has 5 aliphatic rings. The van der Waals surface area contributed by atoms with E-state index in [1.54, 1.807) is 25.3 Å². The molecule has 2 saturated carbocycles. The molecule has 9 nitrogen and oxygen atoms in total. The molecule has 2 aliphatic heterocycles. The van der Waals surface area contributed by atoms with Gasteiger partial charge >= 0.3 is 6.03 Å². The first kappa shape index (κ1) is 35.2. The Hall–Kier alpha value is -3.22. The lowest BCUT2D eigenvalue weighted by Crippen LogP contribution is -2.49. The van der Waals surface area contributed by atoms with E-state index in [1.807, 2.05) is 19.1 Å². The molecule has 270 valence electrons. The lowest BCUT2D eigenvalue weighted by atomic mass is 9.68. The second kappa shape index (κ2) is 14.1. The quantitative estimate of drug-likeness (QED) is 0.331. The van der Waals surface area contributed by atoms with E-state index in [1.165, 1.54) is 11.1 Å². The molecule has 0 radical (unpaired) electrons. The van der Waals surface area contributed by atoms with Crippen molar-refractivity contribution in [3.8, 4) is 5.75 Å². The van der Waals surface area contributed by atoms with Crippen LogP contribution in [0.25, 0.3) is 0 Å². The van der Waals surface area contributed by atoms with E-state index in [2.05, 4.69) is 37.5 Å². The molecule has 8 atom stereocenters. The smallest absolute Gasteiger partial charge is 0.327 e. The van der Waals surface area contributed by atoms with Crippen LogP contribution in [0.4, 0.5) is 19.3 Å². The SMILES string of the molecule is CO[C@H]1/C=C/C[C@H](C)CS(=O)(NC(=O)N[C@H]2C[C@@H]2C(F)F)=NC(=O)c2ccc3c(c2)N(C[C@@H]2CC[C@H]21)C[C@@]1(CCCc2cc(Cl)ccc21)CO3. The highest BCUT2D eigenvalue weighted by atomic mass is 35.5. The van der Waals surface area contributed by atoms with Gasteiger partial charge in [0.1, 0.15) is 15.7 Å². The minimum absolute atomic E-state index is 0.102. The average Bonchev–Trinajstić information content (AvgIpc) is 3.84. The fourth-order valence-corrected chi connectivity index (χ4v) is 10.4. The van der Waals surface area contributed by atoms with Crippen LogP contribution in [-0.2, 0) is 26.5 Å². The van der Waals surface area contributed by atoms with Crippen molar-refractivity contribution in [3.63, 3.8) is 0 Å². The van der Waals surface area contributed by atoms with E-state index in [4.69, 9.17) is 21.1 Å². The van der Waals surface area contributed by atoms with Crippen LogP contribution in [0, 0.1) is 23.7 Å². The summed E-state index contributed by atoms with van der Waals surface area (Å²) in [7, 11) is -1.92. The fourth-order valence-electron chi connectivity index (χ4n) is 8.37. The van der Waals surface area contributed by atoms with Crippen LogP contribution in [0.5, 0.6) is 5.75 Å². The van der Waals surface area contributed by atoms with Gasteiger partial charge in [0.15, 0.2) is 0 Å². The zero-order chi connectivity index (χ0) is 35.2. The first-order valence-electron chi connectivity index (χ1n) is 17.6. The van der Waals surface area contributed by atoms with Gasteiger partial charge in [-0.1, -0.05) is 36.7 Å².